The quantitative estimate of drug-likeness (QED) is 0.448. The summed E-state index contributed by atoms with van der Waals surface area (Å²) in [5.41, 5.74) is 1.36. The molecule has 0 aliphatic rings. The van der Waals surface area contributed by atoms with Crippen molar-refractivity contribution in [3.8, 4) is 5.75 Å². The largest absolute Gasteiger partial charge is 0.423 e. The van der Waals surface area contributed by atoms with Gasteiger partial charge >= 0.3 is 5.97 Å². The molecule has 0 aliphatic carbocycles. The van der Waals surface area contributed by atoms with Crippen molar-refractivity contribution in [3.63, 3.8) is 0 Å². The second-order valence-electron chi connectivity index (χ2n) is 6.14. The Morgan fingerprint density at radius 3 is 2.36 bits per heavy atom. The van der Waals surface area contributed by atoms with Crippen LogP contribution >= 0.6 is 11.6 Å². The fraction of sp³-hybridized carbons (Fsp3) is 0.0952. The second kappa shape index (κ2) is 8.04. The van der Waals surface area contributed by atoms with Gasteiger partial charge in [0.15, 0.2) is 0 Å². The second-order valence-corrected chi connectivity index (χ2v) is 8.54. The van der Waals surface area contributed by atoms with Crippen LogP contribution in [0.4, 0.5) is 5.69 Å². The maximum Gasteiger partial charge on any atom is 0.343 e. The lowest BCUT2D eigenvalue weighted by Gasteiger charge is -2.19. The lowest BCUT2D eigenvalue weighted by atomic mass is 10.2. The van der Waals surface area contributed by atoms with Crippen molar-refractivity contribution in [2.24, 2.45) is 0 Å². The van der Waals surface area contributed by atoms with E-state index in [1.54, 1.807) is 55.5 Å². The standard InChI is InChI=1S/C21H18ClNO4S/c1-15-13-17(22)11-12-20(15)27-21(24)16-7-6-10-19(14-16)28(25,26)23(2)18-8-4-3-5-9-18/h3-14H,1-2H3. The third-order valence-corrected chi connectivity index (χ3v) is 6.20. The summed E-state index contributed by atoms with van der Waals surface area (Å²) in [7, 11) is -2.36. The first kappa shape index (κ1) is 19.9. The van der Waals surface area contributed by atoms with Crippen molar-refractivity contribution >= 4 is 33.3 Å². The minimum Gasteiger partial charge on any atom is -0.423 e. The Morgan fingerprint density at radius 1 is 0.964 bits per heavy atom. The highest BCUT2D eigenvalue weighted by molar-refractivity contribution is 7.92. The van der Waals surface area contributed by atoms with Crippen LogP contribution in [-0.4, -0.2) is 21.4 Å². The number of rotatable bonds is 5. The maximum atomic E-state index is 12.9. The number of ether oxygens (including phenoxy) is 1. The predicted octanol–water partition coefficient (Wildman–Crippen LogP) is 4.69. The van der Waals surface area contributed by atoms with E-state index in [-0.39, 0.29) is 10.5 Å². The van der Waals surface area contributed by atoms with Crippen molar-refractivity contribution in [3.05, 3.63) is 88.9 Å². The summed E-state index contributed by atoms with van der Waals surface area (Å²) in [5.74, 6) is -0.283. The molecule has 0 radical (unpaired) electrons. The van der Waals surface area contributed by atoms with E-state index < -0.39 is 16.0 Å². The Balaban J connectivity index is 1.88. The highest BCUT2D eigenvalue weighted by atomic mass is 35.5. The molecular weight excluding hydrogens is 398 g/mol. The highest BCUT2D eigenvalue weighted by Crippen LogP contribution is 2.25. The van der Waals surface area contributed by atoms with Crippen LogP contribution in [0.5, 0.6) is 5.75 Å². The van der Waals surface area contributed by atoms with E-state index in [1.165, 1.54) is 35.6 Å². The molecule has 0 fully saturated rings. The Kier molecular flexibility index (Phi) is 5.72. The van der Waals surface area contributed by atoms with Gasteiger partial charge in [0, 0.05) is 12.1 Å². The van der Waals surface area contributed by atoms with Gasteiger partial charge in [-0.05, 0) is 61.0 Å². The molecule has 0 amide bonds. The van der Waals surface area contributed by atoms with Gasteiger partial charge < -0.3 is 4.74 Å². The fourth-order valence-corrected chi connectivity index (χ4v) is 4.07. The number of benzene rings is 3. The van der Waals surface area contributed by atoms with Crippen molar-refractivity contribution < 1.29 is 17.9 Å². The Hall–Kier alpha value is -2.83. The molecule has 0 bridgehead atoms. The lowest BCUT2D eigenvalue weighted by molar-refractivity contribution is 0.0733. The maximum absolute atomic E-state index is 12.9. The number of esters is 1. The number of sulfonamides is 1. The number of carbonyl (C=O) groups is 1. The van der Waals surface area contributed by atoms with Crippen molar-refractivity contribution in [2.75, 3.05) is 11.4 Å². The van der Waals surface area contributed by atoms with E-state index in [1.807, 2.05) is 0 Å². The zero-order chi connectivity index (χ0) is 20.3. The van der Waals surface area contributed by atoms with E-state index in [0.717, 1.165) is 0 Å². The van der Waals surface area contributed by atoms with Crippen molar-refractivity contribution in [1.29, 1.82) is 0 Å². The summed E-state index contributed by atoms with van der Waals surface area (Å²) in [6.07, 6.45) is 0. The van der Waals surface area contributed by atoms with Crippen LogP contribution in [0, 0.1) is 6.92 Å². The first-order chi connectivity index (χ1) is 13.3. The smallest absolute Gasteiger partial charge is 0.343 e. The van der Waals surface area contributed by atoms with E-state index in [4.69, 9.17) is 16.3 Å². The number of hydrogen-bond acceptors (Lipinski definition) is 4. The molecule has 3 aromatic rings. The number of nitrogens with zero attached hydrogens (tertiary/aromatic N) is 1. The summed E-state index contributed by atoms with van der Waals surface area (Å²) >= 11 is 5.91. The normalized spacial score (nSPS) is 11.1. The molecule has 3 aromatic carbocycles. The molecule has 5 nitrogen and oxygen atoms in total. The Morgan fingerprint density at radius 2 is 1.68 bits per heavy atom. The van der Waals surface area contributed by atoms with Crippen LogP contribution in [0.25, 0.3) is 0 Å². The van der Waals surface area contributed by atoms with Crippen molar-refractivity contribution in [2.45, 2.75) is 11.8 Å². The zero-order valence-electron chi connectivity index (χ0n) is 15.3. The summed E-state index contributed by atoms with van der Waals surface area (Å²) in [6.45, 7) is 1.77. The molecule has 0 aromatic heterocycles. The molecule has 7 heteroatoms. The molecular formula is C21H18ClNO4S. The van der Waals surface area contributed by atoms with E-state index in [0.29, 0.717) is 22.0 Å². The van der Waals surface area contributed by atoms with Gasteiger partial charge in [-0.15, -0.1) is 0 Å². The third kappa shape index (κ3) is 4.18. The van der Waals surface area contributed by atoms with Crippen LogP contribution in [0.15, 0.2) is 77.7 Å². The van der Waals surface area contributed by atoms with Gasteiger partial charge in [-0.2, -0.15) is 0 Å². The van der Waals surface area contributed by atoms with Gasteiger partial charge in [-0.1, -0.05) is 35.9 Å². The molecule has 0 heterocycles. The number of aryl methyl sites for hydroxylation is 1. The summed E-state index contributed by atoms with van der Waals surface area (Å²) in [6, 6.07) is 19.4. The zero-order valence-corrected chi connectivity index (χ0v) is 16.9. The highest BCUT2D eigenvalue weighted by Gasteiger charge is 2.23. The first-order valence-electron chi connectivity index (χ1n) is 8.41. The minimum atomic E-state index is -3.83. The number of anilines is 1. The molecule has 144 valence electrons. The molecule has 0 atom stereocenters. The van der Waals surface area contributed by atoms with Crippen LogP contribution < -0.4 is 9.04 Å². The van der Waals surface area contributed by atoms with Gasteiger partial charge in [-0.3, -0.25) is 4.31 Å². The molecule has 0 aliphatic heterocycles. The van der Waals surface area contributed by atoms with Gasteiger partial charge in [0.25, 0.3) is 10.0 Å². The molecule has 0 saturated carbocycles. The van der Waals surface area contributed by atoms with E-state index >= 15 is 0 Å². The molecule has 0 spiro atoms. The third-order valence-electron chi connectivity index (χ3n) is 4.19. The monoisotopic (exact) mass is 415 g/mol. The van der Waals surface area contributed by atoms with Crippen LogP contribution in [0.3, 0.4) is 0 Å². The molecule has 28 heavy (non-hydrogen) atoms. The van der Waals surface area contributed by atoms with Gasteiger partial charge in [-0.25, -0.2) is 13.2 Å². The number of halogens is 1. The SMILES string of the molecule is Cc1cc(Cl)ccc1OC(=O)c1cccc(S(=O)(=O)N(C)c2ccccc2)c1. The summed E-state index contributed by atoms with van der Waals surface area (Å²) in [5, 5.41) is 0.536. The lowest BCUT2D eigenvalue weighted by Crippen LogP contribution is -2.26. The van der Waals surface area contributed by atoms with Crippen molar-refractivity contribution in [1.82, 2.24) is 0 Å². The summed E-state index contributed by atoms with van der Waals surface area (Å²) < 4.78 is 32.4. The molecule has 0 saturated heterocycles. The topological polar surface area (TPSA) is 63.7 Å². The fourth-order valence-electron chi connectivity index (χ4n) is 2.60. The summed E-state index contributed by atoms with van der Waals surface area (Å²) in [4.78, 5) is 12.5. The van der Waals surface area contributed by atoms with Gasteiger partial charge in [0.1, 0.15) is 5.75 Å². The minimum absolute atomic E-state index is 0.00105. The van der Waals surface area contributed by atoms with Crippen LogP contribution in [0.1, 0.15) is 15.9 Å². The molecule has 0 unspecified atom stereocenters. The van der Waals surface area contributed by atoms with Gasteiger partial charge in [0.2, 0.25) is 0 Å². The Labute approximate surface area is 169 Å². The average Bonchev–Trinajstić information content (AvgIpc) is 2.70. The molecule has 0 N–H and O–H groups in total. The van der Waals surface area contributed by atoms with Gasteiger partial charge in [0.05, 0.1) is 16.1 Å². The predicted molar refractivity (Wildman–Crippen MR) is 110 cm³/mol. The van der Waals surface area contributed by atoms with Crippen LogP contribution in [-0.2, 0) is 10.0 Å². The van der Waals surface area contributed by atoms with Crippen LogP contribution in [0.2, 0.25) is 5.02 Å². The average molecular weight is 416 g/mol. The first-order valence-corrected chi connectivity index (χ1v) is 10.2. The Bertz CT molecular complexity index is 1110. The number of carbonyl (C=O) groups excluding carboxylic acids is 1. The number of hydrogen-bond donors (Lipinski definition) is 0. The van der Waals surface area contributed by atoms with E-state index in [9.17, 15) is 13.2 Å². The number of para-hydroxylation sites is 1. The van der Waals surface area contributed by atoms with E-state index in [2.05, 4.69) is 0 Å². The molecule has 3 rings (SSSR count).